The summed E-state index contributed by atoms with van der Waals surface area (Å²) < 4.78 is 5.29. The Hall–Kier alpha value is -1.46. The van der Waals surface area contributed by atoms with Crippen LogP contribution in [0, 0.1) is 5.92 Å². The third kappa shape index (κ3) is 2.55. The molecule has 2 aromatic rings. The van der Waals surface area contributed by atoms with E-state index in [-0.39, 0.29) is 0 Å². The Bertz CT molecular complexity index is 587. The third-order valence-corrected chi connectivity index (χ3v) is 4.21. The summed E-state index contributed by atoms with van der Waals surface area (Å²) in [6.07, 6.45) is 5.53. The van der Waals surface area contributed by atoms with Gasteiger partial charge in [-0.3, -0.25) is 0 Å². The first-order valence-electron chi connectivity index (χ1n) is 6.82. The molecule has 0 saturated heterocycles. The molecule has 0 aliphatic heterocycles. The minimum atomic E-state index is -0.472. The van der Waals surface area contributed by atoms with E-state index >= 15 is 0 Å². The lowest BCUT2D eigenvalue weighted by atomic mass is 9.77. The fourth-order valence-electron chi connectivity index (χ4n) is 2.53. The molecule has 0 atom stereocenters. The Morgan fingerprint density at radius 1 is 1.35 bits per heavy atom. The van der Waals surface area contributed by atoms with Gasteiger partial charge in [0.05, 0.1) is 10.6 Å². The highest BCUT2D eigenvalue weighted by atomic mass is 35.5. The summed E-state index contributed by atoms with van der Waals surface area (Å²) in [5.74, 6) is 1.69. The van der Waals surface area contributed by atoms with Crippen molar-refractivity contribution >= 4 is 11.6 Å². The average molecular weight is 293 g/mol. The average Bonchev–Trinajstić information content (AvgIpc) is 2.94. The van der Waals surface area contributed by atoms with Gasteiger partial charge in [-0.15, -0.1) is 0 Å². The second-order valence-corrected chi connectivity index (χ2v) is 6.06. The maximum Gasteiger partial charge on any atom is 0.276 e. The van der Waals surface area contributed by atoms with E-state index in [0.717, 1.165) is 31.6 Å². The van der Waals surface area contributed by atoms with E-state index in [2.05, 4.69) is 22.0 Å². The van der Waals surface area contributed by atoms with Crippen molar-refractivity contribution in [2.75, 3.05) is 0 Å². The van der Waals surface area contributed by atoms with Crippen LogP contribution in [0.4, 0.5) is 0 Å². The number of hydrogen-bond donors (Lipinski definition) is 1. The summed E-state index contributed by atoms with van der Waals surface area (Å²) in [7, 11) is 0. The van der Waals surface area contributed by atoms with Crippen molar-refractivity contribution in [3.8, 4) is 11.6 Å². The number of halogens is 1. The standard InChI is InChI=1S/C14H17ClN4O/c1-9-4-6-14(16,7-5-9)13-18-12(20-19-13)11-3-2-10(15)8-17-11/h2-3,8-9H,4-7,16H2,1H3. The van der Waals surface area contributed by atoms with Crippen LogP contribution in [0.25, 0.3) is 11.6 Å². The topological polar surface area (TPSA) is 77.8 Å². The second-order valence-electron chi connectivity index (χ2n) is 5.62. The van der Waals surface area contributed by atoms with Gasteiger partial charge in [-0.2, -0.15) is 4.98 Å². The van der Waals surface area contributed by atoms with Gasteiger partial charge >= 0.3 is 0 Å². The van der Waals surface area contributed by atoms with Crippen LogP contribution in [0.1, 0.15) is 38.4 Å². The number of nitrogens with two attached hydrogens (primary N) is 1. The van der Waals surface area contributed by atoms with E-state index in [0.29, 0.717) is 22.4 Å². The zero-order valence-corrected chi connectivity index (χ0v) is 12.1. The van der Waals surface area contributed by atoms with Crippen molar-refractivity contribution in [1.82, 2.24) is 15.1 Å². The molecule has 0 unspecified atom stereocenters. The van der Waals surface area contributed by atoms with Gasteiger partial charge in [0, 0.05) is 6.20 Å². The van der Waals surface area contributed by atoms with Crippen LogP contribution in [0.3, 0.4) is 0 Å². The molecule has 0 aromatic carbocycles. The molecule has 0 amide bonds. The Morgan fingerprint density at radius 2 is 2.10 bits per heavy atom. The molecule has 0 bridgehead atoms. The zero-order chi connectivity index (χ0) is 14.2. The molecule has 6 heteroatoms. The van der Waals surface area contributed by atoms with Gasteiger partial charge in [-0.05, 0) is 43.7 Å². The lowest BCUT2D eigenvalue weighted by molar-refractivity contribution is 0.230. The van der Waals surface area contributed by atoms with Crippen molar-refractivity contribution in [1.29, 1.82) is 0 Å². The monoisotopic (exact) mass is 292 g/mol. The van der Waals surface area contributed by atoms with E-state index in [4.69, 9.17) is 21.9 Å². The summed E-state index contributed by atoms with van der Waals surface area (Å²) in [5, 5.41) is 4.63. The van der Waals surface area contributed by atoms with Crippen LogP contribution in [-0.2, 0) is 5.54 Å². The highest BCUT2D eigenvalue weighted by molar-refractivity contribution is 6.30. The molecule has 106 valence electrons. The molecule has 5 nitrogen and oxygen atoms in total. The Labute approximate surface area is 122 Å². The number of aromatic nitrogens is 3. The molecule has 3 rings (SSSR count). The SMILES string of the molecule is CC1CCC(N)(c2noc(-c3ccc(Cl)cn3)n2)CC1. The van der Waals surface area contributed by atoms with Crippen LogP contribution >= 0.6 is 11.6 Å². The van der Waals surface area contributed by atoms with E-state index in [1.54, 1.807) is 18.3 Å². The number of rotatable bonds is 2. The maximum atomic E-state index is 6.43. The van der Waals surface area contributed by atoms with Gasteiger partial charge in [0.1, 0.15) is 5.69 Å². The van der Waals surface area contributed by atoms with Gasteiger partial charge in [-0.1, -0.05) is 23.7 Å². The maximum absolute atomic E-state index is 6.43. The fourth-order valence-corrected chi connectivity index (χ4v) is 2.64. The summed E-state index contributed by atoms with van der Waals surface area (Å²) >= 11 is 5.81. The van der Waals surface area contributed by atoms with Crippen molar-refractivity contribution in [3.63, 3.8) is 0 Å². The van der Waals surface area contributed by atoms with Crippen molar-refractivity contribution in [3.05, 3.63) is 29.2 Å². The van der Waals surface area contributed by atoms with Crippen molar-refractivity contribution in [2.24, 2.45) is 11.7 Å². The van der Waals surface area contributed by atoms with Gasteiger partial charge in [-0.25, -0.2) is 4.98 Å². The first-order valence-corrected chi connectivity index (χ1v) is 7.20. The zero-order valence-electron chi connectivity index (χ0n) is 11.3. The Kier molecular flexibility index (Phi) is 3.48. The molecule has 20 heavy (non-hydrogen) atoms. The van der Waals surface area contributed by atoms with Crippen LogP contribution in [0.2, 0.25) is 5.02 Å². The molecule has 1 fully saturated rings. The summed E-state index contributed by atoms with van der Waals surface area (Å²) in [4.78, 5) is 8.60. The lowest BCUT2D eigenvalue weighted by Crippen LogP contribution is -2.41. The van der Waals surface area contributed by atoms with E-state index in [1.807, 2.05) is 0 Å². The first-order chi connectivity index (χ1) is 9.57. The molecule has 0 spiro atoms. The van der Waals surface area contributed by atoms with Gasteiger partial charge in [0.2, 0.25) is 0 Å². The molecule has 1 aliphatic rings. The van der Waals surface area contributed by atoms with Crippen molar-refractivity contribution in [2.45, 2.75) is 38.1 Å². The normalized spacial score (nSPS) is 26.6. The molecular weight excluding hydrogens is 276 g/mol. The third-order valence-electron chi connectivity index (χ3n) is 3.98. The largest absolute Gasteiger partial charge is 0.332 e. The highest BCUT2D eigenvalue weighted by Crippen LogP contribution is 2.36. The summed E-state index contributed by atoms with van der Waals surface area (Å²) in [5.41, 5.74) is 6.57. The molecule has 2 N–H and O–H groups in total. The van der Waals surface area contributed by atoms with Crippen molar-refractivity contribution < 1.29 is 4.52 Å². The number of hydrogen-bond acceptors (Lipinski definition) is 5. The smallest absolute Gasteiger partial charge is 0.276 e. The van der Waals surface area contributed by atoms with E-state index < -0.39 is 5.54 Å². The molecule has 2 aromatic heterocycles. The molecule has 2 heterocycles. The molecule has 1 saturated carbocycles. The van der Waals surface area contributed by atoms with Gasteiger partial charge in [0.15, 0.2) is 5.82 Å². The van der Waals surface area contributed by atoms with Gasteiger partial charge in [0.25, 0.3) is 5.89 Å². The predicted octanol–water partition coefficient (Wildman–Crippen LogP) is 3.15. The minimum absolute atomic E-state index is 0.389. The number of nitrogens with zero attached hydrogens (tertiary/aromatic N) is 3. The molecule has 0 radical (unpaired) electrons. The number of pyridine rings is 1. The van der Waals surface area contributed by atoms with E-state index in [1.165, 1.54) is 0 Å². The van der Waals surface area contributed by atoms with Crippen LogP contribution in [0.5, 0.6) is 0 Å². The summed E-state index contributed by atoms with van der Waals surface area (Å²) in [6, 6.07) is 3.50. The fraction of sp³-hybridized carbons (Fsp3) is 0.500. The Balaban J connectivity index is 1.85. The predicted molar refractivity (Wildman–Crippen MR) is 76.0 cm³/mol. The molecular formula is C14H17ClN4O. The Morgan fingerprint density at radius 3 is 2.75 bits per heavy atom. The second kappa shape index (κ2) is 5.14. The lowest BCUT2D eigenvalue weighted by Gasteiger charge is -2.33. The summed E-state index contributed by atoms with van der Waals surface area (Å²) in [6.45, 7) is 2.25. The van der Waals surface area contributed by atoms with E-state index in [9.17, 15) is 0 Å². The quantitative estimate of drug-likeness (QED) is 0.920. The van der Waals surface area contributed by atoms with Crippen LogP contribution in [-0.4, -0.2) is 15.1 Å². The van der Waals surface area contributed by atoms with Crippen LogP contribution < -0.4 is 5.73 Å². The van der Waals surface area contributed by atoms with Gasteiger partial charge < -0.3 is 10.3 Å². The minimum Gasteiger partial charge on any atom is -0.332 e. The highest BCUT2D eigenvalue weighted by Gasteiger charge is 2.36. The molecule has 1 aliphatic carbocycles. The van der Waals surface area contributed by atoms with Crippen LogP contribution in [0.15, 0.2) is 22.9 Å². The first kappa shape index (κ1) is 13.5.